The molecule has 0 unspecified atom stereocenters. The molecule has 3 rings (SSSR count). The normalized spacial score (nSPS) is 15.0. The molecule has 5 heteroatoms. The molecule has 1 aliphatic heterocycles. The molecule has 1 N–H and O–H groups in total. The summed E-state index contributed by atoms with van der Waals surface area (Å²) in [6.07, 6.45) is 1.33. The number of piperidine rings is 1. The number of nitrogens with zero attached hydrogens (tertiary/aromatic N) is 1. The highest BCUT2D eigenvalue weighted by molar-refractivity contribution is 5.96. The number of likely N-dealkylation sites (tertiary alicyclic amines) is 1. The highest BCUT2D eigenvalue weighted by atomic mass is 19.1. The Morgan fingerprint density at radius 2 is 1.60 bits per heavy atom. The number of rotatable bonds is 3. The van der Waals surface area contributed by atoms with E-state index in [4.69, 9.17) is 0 Å². The number of nitrogens with one attached hydrogen (secondary N) is 1. The lowest BCUT2D eigenvalue weighted by Crippen LogP contribution is -2.46. The quantitative estimate of drug-likeness (QED) is 0.933. The molecule has 2 aromatic carbocycles. The maximum atomic E-state index is 13.7. The lowest BCUT2D eigenvalue weighted by molar-refractivity contribution is 0.0697. The highest BCUT2D eigenvalue weighted by Gasteiger charge is 2.25. The number of hydrogen-bond acceptors (Lipinski definition) is 2. The Morgan fingerprint density at radius 1 is 1.00 bits per heavy atom. The molecule has 130 valence electrons. The zero-order chi connectivity index (χ0) is 17.8. The Kier molecular flexibility index (Phi) is 5.12. The van der Waals surface area contributed by atoms with Crippen LogP contribution in [-0.4, -0.2) is 35.8 Å². The Morgan fingerprint density at radius 3 is 2.24 bits per heavy atom. The number of hydrogen-bond donors (Lipinski definition) is 1. The van der Waals surface area contributed by atoms with Crippen LogP contribution in [0.5, 0.6) is 0 Å². The largest absolute Gasteiger partial charge is 0.349 e. The molecule has 0 saturated carbocycles. The second kappa shape index (κ2) is 7.47. The fraction of sp³-hybridized carbons (Fsp3) is 0.300. The summed E-state index contributed by atoms with van der Waals surface area (Å²) in [7, 11) is 0. The molecule has 2 aromatic rings. The third-order valence-corrected chi connectivity index (χ3v) is 4.61. The minimum absolute atomic E-state index is 0.0250. The van der Waals surface area contributed by atoms with Crippen molar-refractivity contribution in [2.75, 3.05) is 13.1 Å². The summed E-state index contributed by atoms with van der Waals surface area (Å²) >= 11 is 0. The van der Waals surface area contributed by atoms with Gasteiger partial charge >= 0.3 is 0 Å². The zero-order valence-electron chi connectivity index (χ0n) is 14.2. The molecule has 0 atom stereocenters. The average molecular weight is 340 g/mol. The molecule has 0 radical (unpaired) electrons. The Labute approximate surface area is 146 Å². The molecule has 1 aliphatic rings. The van der Waals surface area contributed by atoms with Crippen molar-refractivity contribution in [3.05, 3.63) is 71.0 Å². The summed E-state index contributed by atoms with van der Waals surface area (Å²) in [5, 5.41) is 2.87. The van der Waals surface area contributed by atoms with Gasteiger partial charge in [-0.3, -0.25) is 9.59 Å². The highest BCUT2D eigenvalue weighted by Crippen LogP contribution is 2.17. The summed E-state index contributed by atoms with van der Waals surface area (Å²) in [6, 6.07) is 13.4. The molecule has 25 heavy (non-hydrogen) atoms. The molecule has 4 nitrogen and oxygen atoms in total. The van der Waals surface area contributed by atoms with E-state index in [1.165, 1.54) is 12.1 Å². The van der Waals surface area contributed by atoms with Crippen molar-refractivity contribution in [1.82, 2.24) is 10.2 Å². The van der Waals surface area contributed by atoms with Gasteiger partial charge in [-0.1, -0.05) is 30.3 Å². The van der Waals surface area contributed by atoms with Gasteiger partial charge in [-0.2, -0.15) is 0 Å². The maximum Gasteiger partial charge on any atom is 0.254 e. The molecule has 2 amide bonds. The number of carbonyl (C=O) groups is 2. The summed E-state index contributed by atoms with van der Waals surface area (Å²) in [5.74, 6) is -0.897. The van der Waals surface area contributed by atoms with E-state index in [0.717, 1.165) is 11.1 Å². The number of halogens is 1. The smallest absolute Gasteiger partial charge is 0.254 e. The summed E-state index contributed by atoms with van der Waals surface area (Å²) in [5.41, 5.74) is 1.74. The maximum absolute atomic E-state index is 13.7. The van der Waals surface area contributed by atoms with Crippen LogP contribution in [0.3, 0.4) is 0 Å². The Hall–Kier alpha value is -2.69. The van der Waals surface area contributed by atoms with Crippen molar-refractivity contribution in [2.45, 2.75) is 25.8 Å². The van der Waals surface area contributed by atoms with Gasteiger partial charge in [0, 0.05) is 24.7 Å². The van der Waals surface area contributed by atoms with Crippen LogP contribution < -0.4 is 5.32 Å². The van der Waals surface area contributed by atoms with Gasteiger partial charge in [0.25, 0.3) is 11.8 Å². The number of aryl methyl sites for hydroxylation is 1. The van der Waals surface area contributed by atoms with Gasteiger partial charge in [0.1, 0.15) is 5.82 Å². The average Bonchev–Trinajstić information content (AvgIpc) is 2.62. The van der Waals surface area contributed by atoms with Crippen LogP contribution in [0.4, 0.5) is 4.39 Å². The fourth-order valence-corrected chi connectivity index (χ4v) is 3.12. The van der Waals surface area contributed by atoms with E-state index >= 15 is 0 Å². The van der Waals surface area contributed by atoms with Crippen LogP contribution in [0.25, 0.3) is 0 Å². The number of amides is 2. The predicted octanol–water partition coefficient (Wildman–Crippen LogP) is 3.17. The molecule has 0 aromatic heterocycles. The predicted molar refractivity (Wildman–Crippen MR) is 94.0 cm³/mol. The topological polar surface area (TPSA) is 49.4 Å². The minimum atomic E-state index is -0.521. The van der Waals surface area contributed by atoms with Crippen molar-refractivity contribution in [3.63, 3.8) is 0 Å². The van der Waals surface area contributed by atoms with Crippen LogP contribution in [0.15, 0.2) is 48.5 Å². The number of benzene rings is 2. The molecule has 0 aliphatic carbocycles. The first kappa shape index (κ1) is 17.1. The Bertz CT molecular complexity index is 783. The lowest BCUT2D eigenvalue weighted by Gasteiger charge is -2.32. The number of carbonyl (C=O) groups excluding carboxylic acids is 2. The van der Waals surface area contributed by atoms with Gasteiger partial charge in [0.05, 0.1) is 5.56 Å². The van der Waals surface area contributed by atoms with Crippen molar-refractivity contribution < 1.29 is 14.0 Å². The van der Waals surface area contributed by atoms with Crippen LogP contribution in [0.2, 0.25) is 0 Å². The lowest BCUT2D eigenvalue weighted by atomic mass is 10.0. The van der Waals surface area contributed by atoms with Crippen LogP contribution >= 0.6 is 0 Å². The van der Waals surface area contributed by atoms with Crippen molar-refractivity contribution in [3.8, 4) is 0 Å². The van der Waals surface area contributed by atoms with Crippen molar-refractivity contribution >= 4 is 11.8 Å². The van der Waals surface area contributed by atoms with E-state index in [-0.39, 0.29) is 17.5 Å². The molecule has 1 heterocycles. The van der Waals surface area contributed by atoms with E-state index in [1.54, 1.807) is 12.1 Å². The molecule has 1 fully saturated rings. The van der Waals surface area contributed by atoms with E-state index < -0.39 is 11.7 Å². The van der Waals surface area contributed by atoms with Crippen molar-refractivity contribution in [2.24, 2.45) is 0 Å². The summed E-state index contributed by atoms with van der Waals surface area (Å²) in [4.78, 5) is 26.6. The summed E-state index contributed by atoms with van der Waals surface area (Å²) < 4.78 is 13.7. The standard InChI is InChI=1S/C20H21FN2O2/c1-14-6-2-3-7-16(14)20(25)23-12-10-15(11-13-23)22-19(24)17-8-4-5-9-18(17)21/h2-9,15H,10-13H2,1H3,(H,22,24). The zero-order valence-corrected chi connectivity index (χ0v) is 14.2. The van der Waals surface area contributed by atoms with E-state index in [1.807, 2.05) is 36.1 Å². The Balaban J connectivity index is 1.57. The molecular weight excluding hydrogens is 319 g/mol. The van der Waals surface area contributed by atoms with Gasteiger partial charge in [-0.05, 0) is 43.5 Å². The third-order valence-electron chi connectivity index (χ3n) is 4.61. The monoisotopic (exact) mass is 340 g/mol. The van der Waals surface area contributed by atoms with Crippen LogP contribution in [0.1, 0.15) is 39.1 Å². The van der Waals surface area contributed by atoms with Gasteiger partial charge in [0.2, 0.25) is 0 Å². The first-order chi connectivity index (χ1) is 12.1. The third kappa shape index (κ3) is 3.87. The van der Waals surface area contributed by atoms with E-state index in [0.29, 0.717) is 25.9 Å². The SMILES string of the molecule is Cc1ccccc1C(=O)N1CCC(NC(=O)c2ccccc2F)CC1. The first-order valence-corrected chi connectivity index (χ1v) is 8.46. The van der Waals surface area contributed by atoms with Gasteiger partial charge in [0.15, 0.2) is 0 Å². The van der Waals surface area contributed by atoms with Gasteiger partial charge < -0.3 is 10.2 Å². The van der Waals surface area contributed by atoms with Crippen LogP contribution in [0, 0.1) is 12.7 Å². The molecule has 1 saturated heterocycles. The van der Waals surface area contributed by atoms with E-state index in [2.05, 4.69) is 5.32 Å². The van der Waals surface area contributed by atoms with E-state index in [9.17, 15) is 14.0 Å². The first-order valence-electron chi connectivity index (χ1n) is 8.46. The molecule has 0 spiro atoms. The second-order valence-electron chi connectivity index (χ2n) is 6.33. The summed E-state index contributed by atoms with van der Waals surface area (Å²) in [6.45, 7) is 3.08. The van der Waals surface area contributed by atoms with Crippen molar-refractivity contribution in [1.29, 1.82) is 0 Å². The molecular formula is C20H21FN2O2. The fourth-order valence-electron chi connectivity index (χ4n) is 3.12. The van der Waals surface area contributed by atoms with Crippen LogP contribution in [-0.2, 0) is 0 Å². The van der Waals surface area contributed by atoms with Gasteiger partial charge in [-0.15, -0.1) is 0 Å². The second-order valence-corrected chi connectivity index (χ2v) is 6.33. The minimum Gasteiger partial charge on any atom is -0.349 e. The van der Waals surface area contributed by atoms with Gasteiger partial charge in [-0.25, -0.2) is 4.39 Å². The molecule has 0 bridgehead atoms.